The van der Waals surface area contributed by atoms with Crippen LogP contribution in [0.25, 0.3) is 0 Å². The SMILES string of the molecule is Cc1ccc(C(=O)O/N=C(\c2ccc(F)cc2)C2CC2c2ccc(C)cc2)cc1. The summed E-state index contributed by atoms with van der Waals surface area (Å²) in [6.45, 7) is 4.02. The monoisotopic (exact) mass is 387 g/mol. The van der Waals surface area contributed by atoms with Gasteiger partial charge in [-0.1, -0.05) is 64.8 Å². The molecule has 0 N–H and O–H groups in total. The van der Waals surface area contributed by atoms with E-state index in [-0.39, 0.29) is 11.7 Å². The Morgan fingerprint density at radius 1 is 0.862 bits per heavy atom. The van der Waals surface area contributed by atoms with Gasteiger partial charge in [0.05, 0.1) is 11.3 Å². The molecule has 0 radical (unpaired) electrons. The van der Waals surface area contributed by atoms with E-state index < -0.39 is 5.97 Å². The molecule has 0 amide bonds. The highest BCUT2D eigenvalue weighted by Gasteiger charge is 2.43. The Kier molecular flexibility index (Phi) is 5.26. The van der Waals surface area contributed by atoms with Crippen molar-refractivity contribution in [3.63, 3.8) is 0 Å². The van der Waals surface area contributed by atoms with Crippen molar-refractivity contribution in [3.8, 4) is 0 Å². The molecule has 1 fully saturated rings. The van der Waals surface area contributed by atoms with E-state index in [2.05, 4.69) is 36.3 Å². The molecule has 1 saturated carbocycles. The first-order valence-corrected chi connectivity index (χ1v) is 9.69. The minimum atomic E-state index is -0.503. The average molecular weight is 387 g/mol. The van der Waals surface area contributed by atoms with E-state index in [0.29, 0.717) is 17.2 Å². The van der Waals surface area contributed by atoms with Gasteiger partial charge < -0.3 is 4.84 Å². The van der Waals surface area contributed by atoms with Gasteiger partial charge in [0.2, 0.25) is 0 Å². The minimum Gasteiger partial charge on any atom is -0.313 e. The summed E-state index contributed by atoms with van der Waals surface area (Å²) in [6, 6.07) is 21.7. The number of carbonyl (C=O) groups is 1. The molecule has 0 saturated heterocycles. The lowest BCUT2D eigenvalue weighted by molar-refractivity contribution is 0.0515. The van der Waals surface area contributed by atoms with Crippen molar-refractivity contribution in [2.45, 2.75) is 26.2 Å². The molecule has 146 valence electrons. The summed E-state index contributed by atoms with van der Waals surface area (Å²) in [4.78, 5) is 17.7. The molecule has 0 heterocycles. The molecule has 3 aromatic carbocycles. The van der Waals surface area contributed by atoms with E-state index in [0.717, 1.165) is 17.5 Å². The first kappa shape index (κ1) is 19.1. The van der Waals surface area contributed by atoms with Gasteiger partial charge >= 0.3 is 5.97 Å². The predicted molar refractivity (Wildman–Crippen MR) is 112 cm³/mol. The Morgan fingerprint density at radius 3 is 2.03 bits per heavy atom. The standard InChI is InChI=1S/C25H22FNO2/c1-16-3-7-18(8-4-16)22-15-23(22)24(19-11-13-21(26)14-12-19)27-29-25(28)20-9-5-17(2)6-10-20/h3-14,22-23H,15H2,1-2H3/b27-24+. The van der Waals surface area contributed by atoms with Crippen LogP contribution in [0.15, 0.2) is 78.0 Å². The van der Waals surface area contributed by atoms with Crippen LogP contribution in [0.5, 0.6) is 0 Å². The normalized spacial score (nSPS) is 18.4. The number of hydrogen-bond acceptors (Lipinski definition) is 3. The lowest BCUT2D eigenvalue weighted by Crippen LogP contribution is -2.09. The van der Waals surface area contributed by atoms with Gasteiger partial charge in [-0.15, -0.1) is 0 Å². The summed E-state index contributed by atoms with van der Waals surface area (Å²) in [5.74, 6) is -0.362. The van der Waals surface area contributed by atoms with Gasteiger partial charge in [0, 0.05) is 5.92 Å². The van der Waals surface area contributed by atoms with E-state index in [1.807, 2.05) is 19.1 Å². The van der Waals surface area contributed by atoms with Gasteiger partial charge in [0.15, 0.2) is 0 Å². The number of hydrogen-bond donors (Lipinski definition) is 0. The second-order valence-electron chi connectivity index (χ2n) is 7.59. The maximum atomic E-state index is 13.4. The number of rotatable bonds is 5. The Labute approximate surface area is 169 Å². The van der Waals surface area contributed by atoms with Gasteiger partial charge in [-0.25, -0.2) is 9.18 Å². The number of halogens is 1. The van der Waals surface area contributed by atoms with E-state index in [4.69, 9.17) is 4.84 Å². The van der Waals surface area contributed by atoms with Crippen LogP contribution in [0, 0.1) is 25.6 Å². The molecule has 29 heavy (non-hydrogen) atoms. The fourth-order valence-corrected chi connectivity index (χ4v) is 3.47. The summed E-state index contributed by atoms with van der Waals surface area (Å²) in [7, 11) is 0. The van der Waals surface area contributed by atoms with Gasteiger partial charge in [0.25, 0.3) is 0 Å². The van der Waals surface area contributed by atoms with Crippen LogP contribution in [0.2, 0.25) is 0 Å². The van der Waals surface area contributed by atoms with Crippen molar-refractivity contribution in [2.75, 3.05) is 0 Å². The lowest BCUT2D eigenvalue weighted by Gasteiger charge is -2.07. The number of aryl methyl sites for hydroxylation is 2. The van der Waals surface area contributed by atoms with Gasteiger partial charge in [-0.3, -0.25) is 0 Å². The van der Waals surface area contributed by atoms with E-state index in [9.17, 15) is 9.18 Å². The molecule has 1 aliphatic rings. The highest BCUT2D eigenvalue weighted by molar-refractivity contribution is 6.04. The fraction of sp³-hybridized carbons (Fsp3) is 0.200. The predicted octanol–water partition coefficient (Wildman–Crippen LogP) is 5.81. The molecule has 3 aromatic rings. The number of benzene rings is 3. The molecule has 3 nitrogen and oxygen atoms in total. The van der Waals surface area contributed by atoms with Crippen LogP contribution < -0.4 is 0 Å². The van der Waals surface area contributed by atoms with Crippen LogP contribution in [0.3, 0.4) is 0 Å². The van der Waals surface area contributed by atoms with Crippen LogP contribution in [-0.4, -0.2) is 11.7 Å². The number of carbonyl (C=O) groups excluding carboxylic acids is 1. The van der Waals surface area contributed by atoms with Gasteiger partial charge in [0.1, 0.15) is 5.82 Å². The molecule has 0 spiro atoms. The zero-order chi connectivity index (χ0) is 20.4. The molecule has 4 heteroatoms. The molecule has 2 unspecified atom stereocenters. The van der Waals surface area contributed by atoms with Crippen LogP contribution in [-0.2, 0) is 4.84 Å². The third-order valence-electron chi connectivity index (χ3n) is 5.30. The lowest BCUT2D eigenvalue weighted by atomic mass is 10.0. The topological polar surface area (TPSA) is 38.7 Å². The largest absolute Gasteiger partial charge is 0.365 e. The van der Waals surface area contributed by atoms with Gasteiger partial charge in [-0.05, 0) is 61.6 Å². The third-order valence-corrected chi connectivity index (χ3v) is 5.30. The van der Waals surface area contributed by atoms with E-state index in [1.54, 1.807) is 24.3 Å². The summed E-state index contributed by atoms with van der Waals surface area (Å²) in [6.07, 6.45) is 0.918. The van der Waals surface area contributed by atoms with Crippen LogP contribution in [0.4, 0.5) is 4.39 Å². The smallest absolute Gasteiger partial charge is 0.313 e. The summed E-state index contributed by atoms with van der Waals surface area (Å²) < 4.78 is 13.4. The summed E-state index contributed by atoms with van der Waals surface area (Å²) >= 11 is 0. The van der Waals surface area contributed by atoms with Crippen molar-refractivity contribution >= 4 is 11.7 Å². The molecule has 4 rings (SSSR count). The van der Waals surface area contributed by atoms with Crippen LogP contribution >= 0.6 is 0 Å². The first-order chi connectivity index (χ1) is 14.0. The quantitative estimate of drug-likeness (QED) is 0.315. The summed E-state index contributed by atoms with van der Waals surface area (Å²) in [5, 5.41) is 4.22. The highest BCUT2D eigenvalue weighted by atomic mass is 19.1. The zero-order valence-electron chi connectivity index (χ0n) is 16.4. The van der Waals surface area contributed by atoms with Crippen molar-refractivity contribution in [2.24, 2.45) is 11.1 Å². The van der Waals surface area contributed by atoms with Crippen molar-refractivity contribution in [3.05, 3.63) is 106 Å². The third kappa shape index (κ3) is 4.43. The second kappa shape index (κ2) is 8.00. The Bertz CT molecular complexity index is 1040. The zero-order valence-corrected chi connectivity index (χ0v) is 16.4. The maximum absolute atomic E-state index is 13.4. The molecule has 0 bridgehead atoms. The Morgan fingerprint density at radius 2 is 1.41 bits per heavy atom. The van der Waals surface area contributed by atoms with Crippen molar-refractivity contribution in [1.29, 1.82) is 0 Å². The van der Waals surface area contributed by atoms with Crippen molar-refractivity contribution in [1.82, 2.24) is 0 Å². The summed E-state index contributed by atoms with van der Waals surface area (Å²) in [5.41, 5.74) is 5.41. The molecular weight excluding hydrogens is 365 g/mol. The van der Waals surface area contributed by atoms with Gasteiger partial charge in [-0.2, -0.15) is 0 Å². The number of nitrogens with zero attached hydrogens (tertiary/aromatic N) is 1. The molecule has 0 aliphatic heterocycles. The first-order valence-electron chi connectivity index (χ1n) is 9.69. The minimum absolute atomic E-state index is 0.133. The Balaban J connectivity index is 1.58. The Hall–Kier alpha value is -3.27. The van der Waals surface area contributed by atoms with E-state index >= 15 is 0 Å². The molecule has 0 aromatic heterocycles. The van der Waals surface area contributed by atoms with E-state index in [1.165, 1.54) is 23.3 Å². The second-order valence-corrected chi connectivity index (χ2v) is 7.59. The fourth-order valence-electron chi connectivity index (χ4n) is 3.47. The van der Waals surface area contributed by atoms with Crippen molar-refractivity contribution < 1.29 is 14.0 Å². The average Bonchev–Trinajstić information content (AvgIpc) is 3.51. The molecule has 1 aliphatic carbocycles. The molecular formula is C25H22FNO2. The molecule has 2 atom stereocenters. The number of oxime groups is 1. The maximum Gasteiger partial charge on any atom is 0.365 e. The highest BCUT2D eigenvalue weighted by Crippen LogP contribution is 2.49. The van der Waals surface area contributed by atoms with Crippen LogP contribution in [0.1, 0.15) is 45.0 Å².